The predicted octanol–water partition coefficient (Wildman–Crippen LogP) is 1.33. The van der Waals surface area contributed by atoms with E-state index in [0.29, 0.717) is 11.5 Å². The molecule has 2 aromatic rings. The second-order valence-electron chi connectivity index (χ2n) is 2.54. The van der Waals surface area contributed by atoms with Crippen molar-refractivity contribution in [2.45, 2.75) is 0 Å². The number of aromatic nitrogens is 2. The molecule has 0 unspecified atom stereocenters. The molecule has 0 aliphatic carbocycles. The summed E-state index contributed by atoms with van der Waals surface area (Å²) in [6.07, 6.45) is 5.07. The zero-order valence-electron chi connectivity index (χ0n) is 7.67. The van der Waals surface area contributed by atoms with Gasteiger partial charge in [0.25, 0.3) is 0 Å². The quantitative estimate of drug-likeness (QED) is 0.653. The molecule has 0 amide bonds. The van der Waals surface area contributed by atoms with Crippen molar-refractivity contribution >= 4 is 11.5 Å². The van der Waals surface area contributed by atoms with Gasteiger partial charge in [-0.1, -0.05) is 6.07 Å². The van der Waals surface area contributed by atoms with Gasteiger partial charge in [-0.3, -0.25) is 4.98 Å². The van der Waals surface area contributed by atoms with Gasteiger partial charge >= 0.3 is 0 Å². The summed E-state index contributed by atoms with van der Waals surface area (Å²) in [5.74, 6) is 0.463. The highest BCUT2D eigenvalue weighted by Crippen LogP contribution is 2.01. The Kier molecular flexibility index (Phi) is 3.94. The molecule has 0 atom stereocenters. The van der Waals surface area contributed by atoms with Gasteiger partial charge in [0.15, 0.2) is 0 Å². The summed E-state index contributed by atoms with van der Waals surface area (Å²) < 4.78 is 0. The molecule has 4 N–H and O–H groups in total. The first-order chi connectivity index (χ1) is 6.79. The zero-order chi connectivity index (χ0) is 10.2. The van der Waals surface area contributed by atoms with Crippen molar-refractivity contribution in [1.82, 2.24) is 9.97 Å². The number of anilines is 2. The normalized spacial score (nSPS) is 8.57. The van der Waals surface area contributed by atoms with E-state index in [2.05, 4.69) is 9.97 Å². The minimum absolute atomic E-state index is 0.463. The molecule has 2 heterocycles. The maximum atomic E-state index is 5.34. The number of nitrogens with two attached hydrogens (primary N) is 2. The molecule has 4 heteroatoms. The highest BCUT2D eigenvalue weighted by Gasteiger charge is 1.83. The minimum Gasteiger partial charge on any atom is -0.399 e. The fraction of sp³-hybridized carbons (Fsp3) is 0. The van der Waals surface area contributed by atoms with E-state index in [1.54, 1.807) is 30.7 Å². The second-order valence-corrected chi connectivity index (χ2v) is 2.54. The van der Waals surface area contributed by atoms with E-state index in [1.165, 1.54) is 0 Å². The lowest BCUT2D eigenvalue weighted by molar-refractivity contribution is 1.33. The van der Waals surface area contributed by atoms with Gasteiger partial charge in [-0.2, -0.15) is 0 Å². The molecule has 2 rings (SSSR count). The van der Waals surface area contributed by atoms with Gasteiger partial charge in [-0.05, 0) is 18.2 Å². The summed E-state index contributed by atoms with van der Waals surface area (Å²) in [5, 5.41) is 0. The summed E-state index contributed by atoms with van der Waals surface area (Å²) in [5.41, 5.74) is 11.3. The van der Waals surface area contributed by atoms with Gasteiger partial charge in [-0.15, -0.1) is 0 Å². The van der Waals surface area contributed by atoms with Gasteiger partial charge < -0.3 is 11.5 Å². The van der Waals surface area contributed by atoms with Crippen LogP contribution in [0.1, 0.15) is 0 Å². The van der Waals surface area contributed by atoms with E-state index >= 15 is 0 Å². The molecule has 0 fully saturated rings. The molecule has 0 radical (unpaired) electrons. The summed E-state index contributed by atoms with van der Waals surface area (Å²) >= 11 is 0. The van der Waals surface area contributed by atoms with E-state index in [4.69, 9.17) is 11.5 Å². The van der Waals surface area contributed by atoms with Crippen LogP contribution in [0.15, 0.2) is 48.9 Å². The predicted molar refractivity (Wildman–Crippen MR) is 57.3 cm³/mol. The van der Waals surface area contributed by atoms with Crippen LogP contribution < -0.4 is 11.5 Å². The van der Waals surface area contributed by atoms with E-state index < -0.39 is 0 Å². The SMILES string of the molecule is Nc1ccnc(N)c1.c1ccncc1. The number of pyridine rings is 2. The maximum Gasteiger partial charge on any atom is 0.125 e. The van der Waals surface area contributed by atoms with Crippen LogP contribution in [-0.4, -0.2) is 9.97 Å². The molecule has 0 saturated carbocycles. The number of nitrogen functional groups attached to an aromatic ring is 2. The van der Waals surface area contributed by atoms with Crippen LogP contribution in [-0.2, 0) is 0 Å². The lowest BCUT2D eigenvalue weighted by Crippen LogP contribution is -1.91. The lowest BCUT2D eigenvalue weighted by atomic mass is 10.4. The van der Waals surface area contributed by atoms with Crippen molar-refractivity contribution in [3.05, 3.63) is 48.9 Å². The minimum atomic E-state index is 0.463. The fourth-order valence-corrected chi connectivity index (χ4v) is 0.778. The Labute approximate surface area is 82.6 Å². The number of nitrogens with zero attached hydrogens (tertiary/aromatic N) is 2. The third-order valence-electron chi connectivity index (χ3n) is 1.37. The highest BCUT2D eigenvalue weighted by molar-refractivity contribution is 5.45. The zero-order valence-corrected chi connectivity index (χ0v) is 7.67. The number of hydrogen-bond donors (Lipinski definition) is 2. The van der Waals surface area contributed by atoms with Crippen molar-refractivity contribution in [3.8, 4) is 0 Å². The average Bonchev–Trinajstić information content (AvgIpc) is 2.21. The van der Waals surface area contributed by atoms with Crippen molar-refractivity contribution in [2.75, 3.05) is 11.5 Å². The largest absolute Gasteiger partial charge is 0.399 e. The van der Waals surface area contributed by atoms with Gasteiger partial charge in [0.1, 0.15) is 5.82 Å². The van der Waals surface area contributed by atoms with Crippen LogP contribution in [0.5, 0.6) is 0 Å². The number of hydrogen-bond acceptors (Lipinski definition) is 4. The van der Waals surface area contributed by atoms with Crippen molar-refractivity contribution in [3.63, 3.8) is 0 Å². The molecule has 0 spiro atoms. The van der Waals surface area contributed by atoms with Crippen molar-refractivity contribution in [1.29, 1.82) is 0 Å². The molecular formula is C10H12N4. The first-order valence-corrected chi connectivity index (χ1v) is 4.11. The Morgan fingerprint density at radius 3 is 1.93 bits per heavy atom. The Morgan fingerprint density at radius 1 is 0.929 bits per heavy atom. The summed E-state index contributed by atoms with van der Waals surface area (Å²) in [7, 11) is 0. The smallest absolute Gasteiger partial charge is 0.125 e. The van der Waals surface area contributed by atoms with Crippen LogP contribution >= 0.6 is 0 Å². The molecule has 4 nitrogen and oxygen atoms in total. The lowest BCUT2D eigenvalue weighted by Gasteiger charge is -1.90. The van der Waals surface area contributed by atoms with Crippen LogP contribution in [0.4, 0.5) is 11.5 Å². The van der Waals surface area contributed by atoms with Crippen LogP contribution in [0.25, 0.3) is 0 Å². The van der Waals surface area contributed by atoms with Crippen molar-refractivity contribution in [2.24, 2.45) is 0 Å². The highest BCUT2D eigenvalue weighted by atomic mass is 14.8. The first-order valence-electron chi connectivity index (χ1n) is 4.11. The third-order valence-corrected chi connectivity index (χ3v) is 1.37. The van der Waals surface area contributed by atoms with Crippen molar-refractivity contribution < 1.29 is 0 Å². The Balaban J connectivity index is 0.000000146. The molecule has 72 valence electrons. The Bertz CT molecular complexity index is 318. The Morgan fingerprint density at radius 2 is 1.64 bits per heavy atom. The monoisotopic (exact) mass is 188 g/mol. The standard InChI is InChI=1S/C5H7N3.C5H5N/c6-4-1-2-8-5(7)3-4;1-2-4-6-5-3-1/h1-3H,(H4,6,7,8);1-5H. The van der Waals surface area contributed by atoms with Gasteiger partial charge in [0.2, 0.25) is 0 Å². The maximum absolute atomic E-state index is 5.34. The summed E-state index contributed by atoms with van der Waals surface area (Å²) in [6.45, 7) is 0. The molecule has 0 aliphatic heterocycles. The van der Waals surface area contributed by atoms with E-state index in [0.717, 1.165) is 0 Å². The van der Waals surface area contributed by atoms with E-state index in [9.17, 15) is 0 Å². The van der Waals surface area contributed by atoms with E-state index in [-0.39, 0.29) is 0 Å². The fourth-order valence-electron chi connectivity index (χ4n) is 0.778. The molecule has 2 aromatic heterocycles. The number of rotatable bonds is 0. The van der Waals surface area contributed by atoms with Gasteiger partial charge in [0, 0.05) is 30.3 Å². The molecule has 0 bridgehead atoms. The summed E-state index contributed by atoms with van der Waals surface area (Å²) in [4.78, 5) is 7.52. The Hall–Kier alpha value is -2.10. The molecule has 0 aromatic carbocycles. The van der Waals surface area contributed by atoms with Gasteiger partial charge in [0.05, 0.1) is 0 Å². The topological polar surface area (TPSA) is 77.8 Å². The van der Waals surface area contributed by atoms with Crippen LogP contribution in [0.2, 0.25) is 0 Å². The second kappa shape index (κ2) is 5.53. The van der Waals surface area contributed by atoms with Gasteiger partial charge in [-0.25, -0.2) is 4.98 Å². The average molecular weight is 188 g/mol. The molecule has 0 saturated heterocycles. The van der Waals surface area contributed by atoms with Crippen LogP contribution in [0, 0.1) is 0 Å². The van der Waals surface area contributed by atoms with Crippen LogP contribution in [0.3, 0.4) is 0 Å². The molecular weight excluding hydrogens is 176 g/mol. The molecule has 0 aliphatic rings. The molecule has 14 heavy (non-hydrogen) atoms. The summed E-state index contributed by atoms with van der Waals surface area (Å²) in [6, 6.07) is 9.02. The van der Waals surface area contributed by atoms with E-state index in [1.807, 2.05) is 18.2 Å². The first kappa shape index (κ1) is 9.98. The third kappa shape index (κ3) is 4.06.